The van der Waals surface area contributed by atoms with E-state index in [-0.39, 0.29) is 11.7 Å². The summed E-state index contributed by atoms with van der Waals surface area (Å²) in [6.45, 7) is 0. The van der Waals surface area contributed by atoms with Crippen LogP contribution in [0.4, 0.5) is 0 Å². The molecule has 2 aromatic rings. The molecule has 0 bridgehead atoms. The highest BCUT2D eigenvalue weighted by Crippen LogP contribution is 2.22. The molecule has 0 atom stereocenters. The SMILES string of the molecule is CNC(=O)c1nn(C)c2cc(O)ccc12. The van der Waals surface area contributed by atoms with E-state index in [1.165, 1.54) is 6.07 Å². The Labute approximate surface area is 86.3 Å². The first kappa shape index (κ1) is 9.51. The van der Waals surface area contributed by atoms with Gasteiger partial charge in [0.1, 0.15) is 5.75 Å². The van der Waals surface area contributed by atoms with E-state index < -0.39 is 0 Å². The van der Waals surface area contributed by atoms with Gasteiger partial charge in [-0.2, -0.15) is 5.10 Å². The van der Waals surface area contributed by atoms with Crippen LogP contribution >= 0.6 is 0 Å². The number of hydrogen-bond donors (Lipinski definition) is 2. The average molecular weight is 205 g/mol. The summed E-state index contributed by atoms with van der Waals surface area (Å²) in [5, 5.41) is 16.7. The number of amides is 1. The summed E-state index contributed by atoms with van der Waals surface area (Å²) in [6.07, 6.45) is 0. The fraction of sp³-hybridized carbons (Fsp3) is 0.200. The van der Waals surface area contributed by atoms with E-state index in [0.717, 1.165) is 10.9 Å². The van der Waals surface area contributed by atoms with Crippen molar-refractivity contribution in [3.63, 3.8) is 0 Å². The molecule has 5 heteroatoms. The van der Waals surface area contributed by atoms with Gasteiger partial charge in [-0.1, -0.05) is 0 Å². The van der Waals surface area contributed by atoms with E-state index in [1.807, 2.05) is 0 Å². The maximum Gasteiger partial charge on any atom is 0.272 e. The molecule has 78 valence electrons. The van der Waals surface area contributed by atoms with Gasteiger partial charge in [0, 0.05) is 25.5 Å². The van der Waals surface area contributed by atoms with Gasteiger partial charge < -0.3 is 10.4 Å². The molecular weight excluding hydrogens is 194 g/mol. The van der Waals surface area contributed by atoms with Crippen LogP contribution in [0.2, 0.25) is 0 Å². The Morgan fingerprint density at radius 1 is 1.53 bits per heavy atom. The van der Waals surface area contributed by atoms with E-state index >= 15 is 0 Å². The lowest BCUT2D eigenvalue weighted by Crippen LogP contribution is -2.18. The second-order valence-electron chi connectivity index (χ2n) is 3.25. The molecule has 15 heavy (non-hydrogen) atoms. The predicted molar refractivity (Wildman–Crippen MR) is 55.8 cm³/mol. The van der Waals surface area contributed by atoms with Gasteiger partial charge in [-0.05, 0) is 12.1 Å². The minimum Gasteiger partial charge on any atom is -0.508 e. The number of phenols is 1. The molecule has 0 aliphatic rings. The molecule has 0 fully saturated rings. The van der Waals surface area contributed by atoms with Gasteiger partial charge >= 0.3 is 0 Å². The van der Waals surface area contributed by atoms with Gasteiger partial charge in [-0.15, -0.1) is 0 Å². The van der Waals surface area contributed by atoms with Crippen molar-refractivity contribution < 1.29 is 9.90 Å². The molecule has 0 saturated carbocycles. The third-order valence-corrected chi connectivity index (χ3v) is 2.28. The van der Waals surface area contributed by atoms with Crippen LogP contribution in [-0.2, 0) is 7.05 Å². The molecule has 0 aliphatic heterocycles. The number of fused-ring (bicyclic) bond motifs is 1. The third-order valence-electron chi connectivity index (χ3n) is 2.28. The molecule has 1 heterocycles. The van der Waals surface area contributed by atoms with Crippen molar-refractivity contribution in [2.24, 2.45) is 7.05 Å². The smallest absolute Gasteiger partial charge is 0.272 e. The number of nitrogens with zero attached hydrogens (tertiary/aromatic N) is 2. The zero-order valence-electron chi connectivity index (χ0n) is 8.48. The molecule has 0 radical (unpaired) electrons. The Balaban J connectivity index is 2.73. The largest absolute Gasteiger partial charge is 0.508 e. The summed E-state index contributed by atoms with van der Waals surface area (Å²) in [6, 6.07) is 4.80. The van der Waals surface area contributed by atoms with Crippen LogP contribution in [0.5, 0.6) is 5.75 Å². The van der Waals surface area contributed by atoms with Gasteiger partial charge in [-0.25, -0.2) is 0 Å². The highest BCUT2D eigenvalue weighted by atomic mass is 16.3. The van der Waals surface area contributed by atoms with Gasteiger partial charge in [0.25, 0.3) is 5.91 Å². The number of aromatic nitrogens is 2. The molecule has 5 nitrogen and oxygen atoms in total. The number of nitrogens with one attached hydrogen (secondary N) is 1. The van der Waals surface area contributed by atoms with Gasteiger partial charge in [-0.3, -0.25) is 9.48 Å². The average Bonchev–Trinajstić information content (AvgIpc) is 2.55. The van der Waals surface area contributed by atoms with Crippen LogP contribution in [-0.4, -0.2) is 27.8 Å². The van der Waals surface area contributed by atoms with E-state index in [2.05, 4.69) is 10.4 Å². The number of carbonyl (C=O) groups is 1. The van der Waals surface area contributed by atoms with Crippen molar-refractivity contribution in [1.82, 2.24) is 15.1 Å². The van der Waals surface area contributed by atoms with Gasteiger partial charge in [0.05, 0.1) is 5.52 Å². The molecule has 1 amide bonds. The maximum atomic E-state index is 11.5. The zero-order valence-corrected chi connectivity index (χ0v) is 8.48. The summed E-state index contributed by atoms with van der Waals surface area (Å²) >= 11 is 0. The standard InChI is InChI=1S/C10H11N3O2/c1-11-10(15)9-7-4-3-6(14)5-8(7)13(2)12-9/h3-5,14H,1-2H3,(H,11,15). The van der Waals surface area contributed by atoms with Crippen LogP contribution in [0.3, 0.4) is 0 Å². The molecule has 2 N–H and O–H groups in total. The third kappa shape index (κ3) is 1.41. The second-order valence-corrected chi connectivity index (χ2v) is 3.25. The number of aromatic hydroxyl groups is 1. The number of hydrogen-bond acceptors (Lipinski definition) is 3. The summed E-state index contributed by atoms with van der Waals surface area (Å²) in [4.78, 5) is 11.5. The first-order valence-electron chi connectivity index (χ1n) is 4.51. The van der Waals surface area contributed by atoms with E-state index in [1.54, 1.807) is 30.9 Å². The van der Waals surface area contributed by atoms with E-state index in [0.29, 0.717) is 5.69 Å². The van der Waals surface area contributed by atoms with Crippen LogP contribution in [0.15, 0.2) is 18.2 Å². The van der Waals surface area contributed by atoms with Crippen LogP contribution in [0, 0.1) is 0 Å². The summed E-state index contributed by atoms with van der Waals surface area (Å²) < 4.78 is 1.57. The van der Waals surface area contributed by atoms with Crippen LogP contribution < -0.4 is 5.32 Å². The minimum atomic E-state index is -0.230. The molecule has 0 unspecified atom stereocenters. The van der Waals surface area contributed by atoms with Crippen LogP contribution in [0.25, 0.3) is 10.9 Å². The fourth-order valence-corrected chi connectivity index (χ4v) is 1.53. The molecule has 1 aromatic heterocycles. The first-order chi connectivity index (χ1) is 7.13. The van der Waals surface area contributed by atoms with Crippen molar-refractivity contribution in [1.29, 1.82) is 0 Å². The first-order valence-corrected chi connectivity index (χ1v) is 4.51. The second kappa shape index (κ2) is 3.27. The number of carbonyl (C=O) groups excluding carboxylic acids is 1. The summed E-state index contributed by atoms with van der Waals surface area (Å²) in [5.41, 5.74) is 1.10. The Kier molecular flexibility index (Phi) is 2.07. The molecule has 0 spiro atoms. The number of phenolic OH excluding ortho intramolecular Hbond substituents is 1. The number of rotatable bonds is 1. The Morgan fingerprint density at radius 2 is 2.27 bits per heavy atom. The lowest BCUT2D eigenvalue weighted by atomic mass is 10.2. The normalized spacial score (nSPS) is 10.5. The van der Waals surface area contributed by atoms with Crippen molar-refractivity contribution in [3.8, 4) is 5.75 Å². The van der Waals surface area contributed by atoms with Crippen molar-refractivity contribution in [2.45, 2.75) is 0 Å². The Morgan fingerprint density at radius 3 is 2.93 bits per heavy atom. The quantitative estimate of drug-likeness (QED) is 0.717. The minimum absolute atomic E-state index is 0.161. The van der Waals surface area contributed by atoms with Gasteiger partial charge in [0.15, 0.2) is 5.69 Å². The lowest BCUT2D eigenvalue weighted by molar-refractivity contribution is 0.0959. The predicted octanol–water partition coefficient (Wildman–Crippen LogP) is 0.638. The maximum absolute atomic E-state index is 11.5. The lowest BCUT2D eigenvalue weighted by Gasteiger charge is -1.95. The van der Waals surface area contributed by atoms with Crippen molar-refractivity contribution in [3.05, 3.63) is 23.9 Å². The number of aryl methyl sites for hydroxylation is 1. The summed E-state index contributed by atoms with van der Waals surface area (Å²) in [7, 11) is 3.29. The topological polar surface area (TPSA) is 67.2 Å². The molecule has 2 rings (SSSR count). The van der Waals surface area contributed by atoms with Gasteiger partial charge in [0.2, 0.25) is 0 Å². The Bertz CT molecular complexity index is 531. The Hall–Kier alpha value is -2.04. The molecule has 0 saturated heterocycles. The molecular formula is C10H11N3O2. The van der Waals surface area contributed by atoms with Crippen LogP contribution in [0.1, 0.15) is 10.5 Å². The monoisotopic (exact) mass is 205 g/mol. The summed E-state index contributed by atoms with van der Waals surface area (Å²) in [5.74, 6) is -0.0692. The van der Waals surface area contributed by atoms with E-state index in [4.69, 9.17) is 0 Å². The molecule has 1 aromatic carbocycles. The fourth-order valence-electron chi connectivity index (χ4n) is 1.53. The van der Waals surface area contributed by atoms with Crippen molar-refractivity contribution >= 4 is 16.8 Å². The zero-order chi connectivity index (χ0) is 11.0. The highest BCUT2D eigenvalue weighted by molar-refractivity contribution is 6.04. The number of benzene rings is 1. The molecule has 0 aliphatic carbocycles. The highest BCUT2D eigenvalue weighted by Gasteiger charge is 2.14. The van der Waals surface area contributed by atoms with E-state index in [9.17, 15) is 9.90 Å². The van der Waals surface area contributed by atoms with Crippen molar-refractivity contribution in [2.75, 3.05) is 7.05 Å².